The Labute approximate surface area is 171 Å². The molecule has 0 spiro atoms. The molecule has 1 aliphatic rings. The topological polar surface area (TPSA) is 12.9 Å². The van der Waals surface area contributed by atoms with E-state index in [0.717, 1.165) is 4.47 Å². The Bertz CT molecular complexity index is 1320. The Morgan fingerprint density at radius 2 is 1.43 bits per heavy atom. The van der Waals surface area contributed by atoms with Crippen molar-refractivity contribution >= 4 is 37.5 Å². The van der Waals surface area contributed by atoms with Gasteiger partial charge in [0.25, 0.3) is 0 Å². The SMILES string of the molecule is Brc1cc2c3c(ccc4cccc(c43)C2(c2ccccc2)c2cccnc2)c1. The highest BCUT2D eigenvalue weighted by Crippen LogP contribution is 2.56. The van der Waals surface area contributed by atoms with Crippen LogP contribution in [0.2, 0.25) is 0 Å². The van der Waals surface area contributed by atoms with Crippen molar-refractivity contribution in [2.75, 3.05) is 0 Å². The van der Waals surface area contributed by atoms with E-state index in [4.69, 9.17) is 0 Å². The summed E-state index contributed by atoms with van der Waals surface area (Å²) >= 11 is 3.77. The van der Waals surface area contributed by atoms with Crippen molar-refractivity contribution in [1.82, 2.24) is 4.98 Å². The maximum atomic E-state index is 4.50. The van der Waals surface area contributed by atoms with Crippen LogP contribution in [-0.4, -0.2) is 4.98 Å². The molecule has 0 N–H and O–H groups in total. The first kappa shape index (κ1) is 16.0. The molecule has 1 aromatic heterocycles. The van der Waals surface area contributed by atoms with Crippen molar-refractivity contribution in [3.05, 3.63) is 124 Å². The average molecular weight is 422 g/mol. The number of aromatic nitrogens is 1. The largest absolute Gasteiger partial charge is 0.264 e. The van der Waals surface area contributed by atoms with Gasteiger partial charge >= 0.3 is 0 Å². The van der Waals surface area contributed by atoms with E-state index in [1.165, 1.54) is 43.8 Å². The summed E-state index contributed by atoms with van der Waals surface area (Å²) in [5.74, 6) is 0. The molecule has 28 heavy (non-hydrogen) atoms. The molecule has 1 heterocycles. The van der Waals surface area contributed by atoms with Gasteiger partial charge in [-0.1, -0.05) is 82.7 Å². The van der Waals surface area contributed by atoms with Crippen molar-refractivity contribution in [3.63, 3.8) is 0 Å². The van der Waals surface area contributed by atoms with E-state index in [1.54, 1.807) is 0 Å². The van der Waals surface area contributed by atoms with Gasteiger partial charge in [-0.2, -0.15) is 0 Å². The fraction of sp³-hybridized carbons (Fsp3) is 0.0385. The van der Waals surface area contributed by atoms with Gasteiger partial charge in [0, 0.05) is 16.9 Å². The fourth-order valence-electron chi connectivity index (χ4n) is 5.02. The summed E-state index contributed by atoms with van der Waals surface area (Å²) in [5, 5.41) is 5.26. The standard InChI is InChI=1S/C26H16BrN/c27-21-14-18-12-11-17-6-4-10-22-24(17)25(18)23(15-21)26(22,19-7-2-1-3-8-19)20-9-5-13-28-16-20/h1-16H. The first-order valence-corrected chi connectivity index (χ1v) is 10.2. The van der Waals surface area contributed by atoms with Gasteiger partial charge in [-0.15, -0.1) is 0 Å². The molecule has 132 valence electrons. The number of hydrogen-bond donors (Lipinski definition) is 0. The molecular formula is C26H16BrN. The zero-order chi connectivity index (χ0) is 18.7. The van der Waals surface area contributed by atoms with E-state index < -0.39 is 0 Å². The fourth-order valence-corrected chi connectivity index (χ4v) is 5.50. The van der Waals surface area contributed by atoms with Crippen LogP contribution in [0.4, 0.5) is 0 Å². The Morgan fingerprint density at radius 3 is 2.25 bits per heavy atom. The zero-order valence-electron chi connectivity index (χ0n) is 15.1. The predicted octanol–water partition coefficient (Wildman–Crippen LogP) is 6.85. The minimum Gasteiger partial charge on any atom is -0.264 e. The van der Waals surface area contributed by atoms with Crippen LogP contribution in [0, 0.1) is 0 Å². The maximum absolute atomic E-state index is 4.50. The third-order valence-corrected chi connectivity index (χ3v) is 6.49. The smallest absolute Gasteiger partial charge is 0.0729 e. The van der Waals surface area contributed by atoms with E-state index >= 15 is 0 Å². The molecule has 0 bridgehead atoms. The van der Waals surface area contributed by atoms with Crippen molar-refractivity contribution in [2.24, 2.45) is 0 Å². The number of halogens is 1. The molecule has 0 amide bonds. The monoisotopic (exact) mass is 421 g/mol. The summed E-state index contributed by atoms with van der Waals surface area (Å²) in [5.41, 5.74) is 4.75. The molecule has 1 atom stereocenters. The lowest BCUT2D eigenvalue weighted by atomic mass is 9.68. The van der Waals surface area contributed by atoms with Gasteiger partial charge in [-0.3, -0.25) is 4.98 Å². The van der Waals surface area contributed by atoms with E-state index in [1.807, 2.05) is 18.5 Å². The van der Waals surface area contributed by atoms with Gasteiger partial charge in [0.1, 0.15) is 0 Å². The van der Waals surface area contributed by atoms with Crippen LogP contribution in [0.25, 0.3) is 21.5 Å². The van der Waals surface area contributed by atoms with Crippen LogP contribution in [0.15, 0.2) is 102 Å². The van der Waals surface area contributed by atoms with Crippen molar-refractivity contribution in [1.29, 1.82) is 0 Å². The second kappa shape index (κ2) is 5.76. The summed E-state index contributed by atoms with van der Waals surface area (Å²) in [6.45, 7) is 0. The van der Waals surface area contributed by atoms with Crippen LogP contribution in [0.1, 0.15) is 22.3 Å². The molecule has 1 nitrogen and oxygen atoms in total. The van der Waals surface area contributed by atoms with E-state index in [-0.39, 0.29) is 5.41 Å². The summed E-state index contributed by atoms with van der Waals surface area (Å²) in [6, 6.07) is 30.7. The quantitative estimate of drug-likeness (QED) is 0.278. The van der Waals surface area contributed by atoms with E-state index in [0.29, 0.717) is 0 Å². The molecule has 0 fully saturated rings. The molecule has 0 aliphatic heterocycles. The van der Waals surface area contributed by atoms with Gasteiger partial charge in [0.05, 0.1) is 5.41 Å². The lowest BCUT2D eigenvalue weighted by Crippen LogP contribution is -2.28. The normalized spacial score (nSPS) is 17.6. The number of rotatable bonds is 2. The first-order chi connectivity index (χ1) is 13.8. The van der Waals surface area contributed by atoms with Crippen LogP contribution in [-0.2, 0) is 5.41 Å². The molecule has 1 aliphatic carbocycles. The van der Waals surface area contributed by atoms with Crippen LogP contribution >= 0.6 is 15.9 Å². The van der Waals surface area contributed by atoms with E-state index in [2.05, 4.69) is 99.8 Å². The van der Waals surface area contributed by atoms with Crippen LogP contribution in [0.3, 0.4) is 0 Å². The molecule has 1 unspecified atom stereocenters. The van der Waals surface area contributed by atoms with E-state index in [9.17, 15) is 0 Å². The molecule has 0 radical (unpaired) electrons. The Hall–Kier alpha value is -2.97. The molecule has 0 saturated heterocycles. The average Bonchev–Trinajstić information content (AvgIpc) is 3.05. The lowest BCUT2D eigenvalue weighted by Gasteiger charge is -2.33. The Morgan fingerprint density at radius 1 is 0.643 bits per heavy atom. The molecule has 0 saturated carbocycles. The zero-order valence-corrected chi connectivity index (χ0v) is 16.6. The molecule has 4 aromatic carbocycles. The van der Waals surface area contributed by atoms with Gasteiger partial charge in [-0.05, 0) is 62.0 Å². The predicted molar refractivity (Wildman–Crippen MR) is 119 cm³/mol. The second-order valence-electron chi connectivity index (χ2n) is 7.38. The highest BCUT2D eigenvalue weighted by atomic mass is 79.9. The first-order valence-electron chi connectivity index (χ1n) is 9.42. The van der Waals surface area contributed by atoms with Crippen LogP contribution < -0.4 is 0 Å². The van der Waals surface area contributed by atoms with Gasteiger partial charge in [0.15, 0.2) is 0 Å². The number of pyridine rings is 1. The molecule has 6 rings (SSSR count). The van der Waals surface area contributed by atoms with Crippen LogP contribution in [0.5, 0.6) is 0 Å². The number of hydrogen-bond acceptors (Lipinski definition) is 1. The summed E-state index contributed by atoms with van der Waals surface area (Å²) in [4.78, 5) is 4.50. The summed E-state index contributed by atoms with van der Waals surface area (Å²) in [7, 11) is 0. The van der Waals surface area contributed by atoms with Crippen molar-refractivity contribution < 1.29 is 0 Å². The molecule has 5 aromatic rings. The highest BCUT2D eigenvalue weighted by Gasteiger charge is 2.45. The minimum absolute atomic E-state index is 0.374. The minimum atomic E-state index is -0.374. The van der Waals surface area contributed by atoms with Gasteiger partial charge < -0.3 is 0 Å². The summed E-state index contributed by atoms with van der Waals surface area (Å²) < 4.78 is 1.10. The van der Waals surface area contributed by atoms with Crippen molar-refractivity contribution in [2.45, 2.75) is 5.41 Å². The van der Waals surface area contributed by atoms with Gasteiger partial charge in [0.2, 0.25) is 0 Å². The second-order valence-corrected chi connectivity index (χ2v) is 8.29. The summed E-state index contributed by atoms with van der Waals surface area (Å²) in [6.07, 6.45) is 3.87. The number of nitrogens with zero attached hydrogens (tertiary/aromatic N) is 1. The molecule has 2 heteroatoms. The highest BCUT2D eigenvalue weighted by molar-refractivity contribution is 9.10. The third-order valence-electron chi connectivity index (χ3n) is 6.03. The third kappa shape index (κ3) is 1.93. The number of benzene rings is 4. The Kier molecular flexibility index (Phi) is 3.30. The molecular weight excluding hydrogens is 406 g/mol. The Balaban J connectivity index is 1.91. The van der Waals surface area contributed by atoms with Gasteiger partial charge in [-0.25, -0.2) is 0 Å². The maximum Gasteiger partial charge on any atom is 0.0729 e. The van der Waals surface area contributed by atoms with Crippen molar-refractivity contribution in [3.8, 4) is 0 Å². The lowest BCUT2D eigenvalue weighted by molar-refractivity contribution is 0.765.